The van der Waals surface area contributed by atoms with Gasteiger partial charge in [0.05, 0.1) is 18.8 Å². The lowest BCUT2D eigenvalue weighted by molar-refractivity contribution is -0.00212. The van der Waals surface area contributed by atoms with Gasteiger partial charge in [-0.2, -0.15) is 11.3 Å². The van der Waals surface area contributed by atoms with Crippen molar-refractivity contribution in [2.24, 2.45) is 0 Å². The van der Waals surface area contributed by atoms with Gasteiger partial charge in [0.25, 0.3) is 0 Å². The Hall–Kier alpha value is -1.20. The van der Waals surface area contributed by atoms with Gasteiger partial charge in [-0.25, -0.2) is 0 Å². The first-order valence-electron chi connectivity index (χ1n) is 7.24. The molecule has 0 fully saturated rings. The molecule has 114 valence electrons. The van der Waals surface area contributed by atoms with Crippen LogP contribution in [-0.2, 0) is 11.3 Å². The standard InChI is InChI=1S/C17H23NO2S/c1-13-11-21-12-16(13)8-18-9-17(19)10-20-14(2)15-6-4-3-5-7-15/h3-7,11-12,14,17-19H,8-10H2,1-2H3. The lowest BCUT2D eigenvalue weighted by Gasteiger charge is -2.17. The summed E-state index contributed by atoms with van der Waals surface area (Å²) in [5.74, 6) is 0. The third-order valence-electron chi connectivity index (χ3n) is 3.46. The van der Waals surface area contributed by atoms with E-state index in [2.05, 4.69) is 23.0 Å². The third-order valence-corrected chi connectivity index (χ3v) is 4.37. The van der Waals surface area contributed by atoms with Gasteiger partial charge in [-0.05, 0) is 41.3 Å². The van der Waals surface area contributed by atoms with E-state index in [1.807, 2.05) is 37.3 Å². The number of ether oxygens (including phenoxy) is 1. The number of hydrogen-bond donors (Lipinski definition) is 2. The van der Waals surface area contributed by atoms with Crippen LogP contribution in [0, 0.1) is 6.92 Å². The number of nitrogens with one attached hydrogen (secondary N) is 1. The lowest BCUT2D eigenvalue weighted by Crippen LogP contribution is -2.30. The van der Waals surface area contributed by atoms with Crippen molar-refractivity contribution < 1.29 is 9.84 Å². The molecule has 0 bridgehead atoms. The van der Waals surface area contributed by atoms with E-state index in [0.29, 0.717) is 13.2 Å². The fraction of sp³-hybridized carbons (Fsp3) is 0.412. The second-order valence-corrected chi connectivity index (χ2v) is 5.99. The number of benzene rings is 1. The van der Waals surface area contributed by atoms with Gasteiger partial charge in [0.2, 0.25) is 0 Å². The van der Waals surface area contributed by atoms with Crippen LogP contribution in [0.5, 0.6) is 0 Å². The number of hydrogen-bond acceptors (Lipinski definition) is 4. The molecule has 0 aliphatic rings. The Kier molecular flexibility index (Phi) is 6.39. The van der Waals surface area contributed by atoms with E-state index in [0.717, 1.165) is 12.1 Å². The number of thiophene rings is 1. The molecule has 0 radical (unpaired) electrons. The Morgan fingerprint density at radius 3 is 2.67 bits per heavy atom. The molecule has 2 atom stereocenters. The van der Waals surface area contributed by atoms with Crippen LogP contribution in [0.15, 0.2) is 41.1 Å². The van der Waals surface area contributed by atoms with E-state index in [-0.39, 0.29) is 6.10 Å². The Labute approximate surface area is 130 Å². The van der Waals surface area contributed by atoms with E-state index >= 15 is 0 Å². The second-order valence-electron chi connectivity index (χ2n) is 5.25. The zero-order valence-corrected chi connectivity index (χ0v) is 13.4. The Morgan fingerprint density at radius 2 is 2.00 bits per heavy atom. The molecule has 1 aromatic heterocycles. The van der Waals surface area contributed by atoms with Gasteiger partial charge in [0.15, 0.2) is 0 Å². The largest absolute Gasteiger partial charge is 0.389 e. The first kappa shape index (κ1) is 16.2. The van der Waals surface area contributed by atoms with Crippen molar-refractivity contribution in [1.29, 1.82) is 0 Å². The molecule has 2 N–H and O–H groups in total. The van der Waals surface area contributed by atoms with Crippen LogP contribution in [0.4, 0.5) is 0 Å². The summed E-state index contributed by atoms with van der Waals surface area (Å²) >= 11 is 1.71. The number of aliphatic hydroxyl groups excluding tert-OH is 1. The molecule has 0 saturated heterocycles. The van der Waals surface area contributed by atoms with Crippen molar-refractivity contribution >= 4 is 11.3 Å². The molecule has 0 spiro atoms. The van der Waals surface area contributed by atoms with Crippen LogP contribution in [0.3, 0.4) is 0 Å². The molecule has 0 aliphatic heterocycles. The highest BCUT2D eigenvalue weighted by atomic mass is 32.1. The van der Waals surface area contributed by atoms with E-state index in [9.17, 15) is 5.11 Å². The highest BCUT2D eigenvalue weighted by Gasteiger charge is 2.09. The van der Waals surface area contributed by atoms with E-state index in [4.69, 9.17) is 4.74 Å². The predicted octanol–water partition coefficient (Wildman–Crippen LogP) is 3.28. The maximum absolute atomic E-state index is 9.96. The normalized spacial score (nSPS) is 14.0. The third kappa shape index (κ3) is 5.25. The lowest BCUT2D eigenvalue weighted by atomic mass is 10.1. The van der Waals surface area contributed by atoms with Gasteiger partial charge in [-0.3, -0.25) is 0 Å². The van der Waals surface area contributed by atoms with Gasteiger partial charge < -0.3 is 15.2 Å². The summed E-state index contributed by atoms with van der Waals surface area (Å²) in [5, 5.41) is 17.5. The summed E-state index contributed by atoms with van der Waals surface area (Å²) in [6.07, 6.45) is -0.491. The van der Waals surface area contributed by atoms with Crippen LogP contribution in [0.2, 0.25) is 0 Å². The smallest absolute Gasteiger partial charge is 0.0898 e. The van der Waals surface area contributed by atoms with Crippen molar-refractivity contribution in [3.05, 3.63) is 57.8 Å². The monoisotopic (exact) mass is 305 g/mol. The maximum Gasteiger partial charge on any atom is 0.0898 e. The molecule has 0 amide bonds. The van der Waals surface area contributed by atoms with Gasteiger partial charge in [-0.1, -0.05) is 30.3 Å². The summed E-state index contributed by atoms with van der Waals surface area (Å²) in [4.78, 5) is 0. The zero-order valence-electron chi connectivity index (χ0n) is 12.6. The Bertz CT molecular complexity index is 527. The minimum Gasteiger partial charge on any atom is -0.389 e. The molecular formula is C17H23NO2S. The SMILES string of the molecule is Cc1cscc1CNCC(O)COC(C)c1ccccc1. The first-order chi connectivity index (χ1) is 10.2. The van der Waals surface area contributed by atoms with Crippen molar-refractivity contribution in [1.82, 2.24) is 5.32 Å². The minimum atomic E-state index is -0.491. The fourth-order valence-electron chi connectivity index (χ4n) is 2.08. The number of rotatable bonds is 8. The average molecular weight is 305 g/mol. The van der Waals surface area contributed by atoms with Crippen molar-refractivity contribution in [2.75, 3.05) is 13.2 Å². The predicted molar refractivity (Wildman–Crippen MR) is 87.6 cm³/mol. The molecule has 1 heterocycles. The summed E-state index contributed by atoms with van der Waals surface area (Å²) in [7, 11) is 0. The van der Waals surface area contributed by atoms with Crippen LogP contribution in [0.1, 0.15) is 29.7 Å². The number of aliphatic hydroxyl groups is 1. The Morgan fingerprint density at radius 1 is 1.24 bits per heavy atom. The van der Waals surface area contributed by atoms with E-state index in [1.54, 1.807) is 11.3 Å². The van der Waals surface area contributed by atoms with Gasteiger partial charge in [0, 0.05) is 13.1 Å². The molecule has 3 nitrogen and oxygen atoms in total. The van der Waals surface area contributed by atoms with Gasteiger partial charge in [-0.15, -0.1) is 0 Å². The van der Waals surface area contributed by atoms with Crippen molar-refractivity contribution in [3.63, 3.8) is 0 Å². The van der Waals surface area contributed by atoms with Gasteiger partial charge in [0.1, 0.15) is 0 Å². The maximum atomic E-state index is 9.96. The highest BCUT2D eigenvalue weighted by molar-refractivity contribution is 7.08. The summed E-state index contributed by atoms with van der Waals surface area (Å²) in [6.45, 7) is 5.78. The quantitative estimate of drug-likeness (QED) is 0.786. The average Bonchev–Trinajstić information content (AvgIpc) is 2.91. The summed E-state index contributed by atoms with van der Waals surface area (Å²) in [6, 6.07) is 10.1. The summed E-state index contributed by atoms with van der Waals surface area (Å²) in [5.41, 5.74) is 3.73. The van der Waals surface area contributed by atoms with Gasteiger partial charge >= 0.3 is 0 Å². The summed E-state index contributed by atoms with van der Waals surface area (Å²) < 4.78 is 5.71. The molecule has 1 aromatic carbocycles. The molecule has 2 rings (SSSR count). The topological polar surface area (TPSA) is 41.5 Å². The molecule has 4 heteroatoms. The molecule has 2 aromatic rings. The van der Waals surface area contributed by atoms with E-state index in [1.165, 1.54) is 11.1 Å². The second kappa shape index (κ2) is 8.29. The van der Waals surface area contributed by atoms with Crippen LogP contribution >= 0.6 is 11.3 Å². The van der Waals surface area contributed by atoms with Crippen LogP contribution in [0.25, 0.3) is 0 Å². The van der Waals surface area contributed by atoms with Crippen molar-refractivity contribution in [2.45, 2.75) is 32.6 Å². The minimum absolute atomic E-state index is 0.0000294. The fourth-order valence-corrected chi connectivity index (χ4v) is 2.93. The molecule has 0 saturated carbocycles. The number of aryl methyl sites for hydroxylation is 1. The van der Waals surface area contributed by atoms with E-state index < -0.39 is 6.10 Å². The molecular weight excluding hydrogens is 282 g/mol. The molecule has 2 unspecified atom stereocenters. The van der Waals surface area contributed by atoms with Crippen LogP contribution in [-0.4, -0.2) is 24.4 Å². The van der Waals surface area contributed by atoms with Crippen molar-refractivity contribution in [3.8, 4) is 0 Å². The first-order valence-corrected chi connectivity index (χ1v) is 8.18. The highest BCUT2D eigenvalue weighted by Crippen LogP contribution is 2.16. The molecule has 21 heavy (non-hydrogen) atoms. The zero-order chi connectivity index (χ0) is 15.1. The van der Waals surface area contributed by atoms with Crippen LogP contribution < -0.4 is 5.32 Å². The Balaban J connectivity index is 1.65. The molecule has 0 aliphatic carbocycles.